The normalized spacial score (nSPS) is 12.1. The second kappa shape index (κ2) is 7.16. The van der Waals surface area contributed by atoms with Crippen molar-refractivity contribution in [1.29, 1.82) is 0 Å². The van der Waals surface area contributed by atoms with Crippen molar-refractivity contribution in [1.82, 2.24) is 9.21 Å². The van der Waals surface area contributed by atoms with Gasteiger partial charge >= 0.3 is 0 Å². The fourth-order valence-electron chi connectivity index (χ4n) is 1.71. The van der Waals surface area contributed by atoms with Crippen LogP contribution in [0.2, 0.25) is 0 Å². The van der Waals surface area contributed by atoms with Gasteiger partial charge in [0.1, 0.15) is 4.21 Å². The van der Waals surface area contributed by atoms with Crippen molar-refractivity contribution in [3.63, 3.8) is 0 Å². The Labute approximate surface area is 123 Å². The molecule has 1 aromatic rings. The summed E-state index contributed by atoms with van der Waals surface area (Å²) < 4.78 is 25.6. The van der Waals surface area contributed by atoms with E-state index in [1.165, 1.54) is 18.0 Å². The Hall–Kier alpha value is -0.960. The lowest BCUT2D eigenvalue weighted by Crippen LogP contribution is -2.45. The van der Waals surface area contributed by atoms with Crippen LogP contribution in [0.25, 0.3) is 0 Å². The molecule has 0 fully saturated rings. The SMILES string of the molecule is CC(C)N(CCO)C(=O)CN(C)S(=O)(=O)c1cccs1. The van der Waals surface area contributed by atoms with Gasteiger partial charge in [0.15, 0.2) is 0 Å². The highest BCUT2D eigenvalue weighted by molar-refractivity contribution is 7.91. The molecule has 0 bridgehead atoms. The van der Waals surface area contributed by atoms with Crippen molar-refractivity contribution in [3.8, 4) is 0 Å². The maximum atomic E-state index is 12.2. The van der Waals surface area contributed by atoms with E-state index in [4.69, 9.17) is 5.11 Å². The van der Waals surface area contributed by atoms with Crippen LogP contribution in [0, 0.1) is 0 Å². The van der Waals surface area contributed by atoms with Gasteiger partial charge in [0.25, 0.3) is 10.0 Å². The molecule has 8 heteroatoms. The summed E-state index contributed by atoms with van der Waals surface area (Å²) in [6, 6.07) is 3.07. The Morgan fingerprint density at radius 3 is 2.55 bits per heavy atom. The van der Waals surface area contributed by atoms with E-state index in [1.807, 2.05) is 13.8 Å². The first-order chi connectivity index (χ1) is 9.30. The summed E-state index contributed by atoms with van der Waals surface area (Å²) in [7, 11) is -2.24. The average Bonchev–Trinajstić information content (AvgIpc) is 2.89. The lowest BCUT2D eigenvalue weighted by atomic mass is 10.3. The highest BCUT2D eigenvalue weighted by Gasteiger charge is 2.26. The highest BCUT2D eigenvalue weighted by atomic mass is 32.2. The molecule has 20 heavy (non-hydrogen) atoms. The molecule has 0 aliphatic rings. The summed E-state index contributed by atoms with van der Waals surface area (Å²) in [5, 5.41) is 10.6. The molecule has 0 radical (unpaired) electrons. The Balaban J connectivity index is 2.79. The first-order valence-electron chi connectivity index (χ1n) is 6.21. The van der Waals surface area contributed by atoms with Crippen LogP contribution in [0.4, 0.5) is 0 Å². The standard InChI is InChI=1S/C12H20N2O4S2/c1-10(2)14(6-7-15)11(16)9-13(3)20(17,18)12-5-4-8-19-12/h4-5,8,10,15H,6-7,9H2,1-3H3. The van der Waals surface area contributed by atoms with E-state index in [-0.39, 0.29) is 35.9 Å². The van der Waals surface area contributed by atoms with E-state index in [0.717, 1.165) is 15.6 Å². The number of aliphatic hydroxyl groups excluding tert-OH is 1. The number of hydrogen-bond acceptors (Lipinski definition) is 5. The smallest absolute Gasteiger partial charge is 0.252 e. The number of aliphatic hydroxyl groups is 1. The maximum Gasteiger partial charge on any atom is 0.252 e. The molecule has 0 atom stereocenters. The molecule has 0 aliphatic carbocycles. The zero-order valence-electron chi connectivity index (χ0n) is 11.8. The zero-order valence-corrected chi connectivity index (χ0v) is 13.4. The molecular formula is C12H20N2O4S2. The third-order valence-electron chi connectivity index (χ3n) is 2.80. The number of carbonyl (C=O) groups is 1. The first kappa shape index (κ1) is 17.1. The van der Waals surface area contributed by atoms with Crippen LogP contribution in [0.15, 0.2) is 21.7 Å². The van der Waals surface area contributed by atoms with Crippen LogP contribution in [0.3, 0.4) is 0 Å². The van der Waals surface area contributed by atoms with Crippen molar-refractivity contribution in [2.75, 3.05) is 26.7 Å². The van der Waals surface area contributed by atoms with E-state index < -0.39 is 10.0 Å². The van der Waals surface area contributed by atoms with Gasteiger partial charge < -0.3 is 10.0 Å². The minimum atomic E-state index is -3.62. The summed E-state index contributed by atoms with van der Waals surface area (Å²) >= 11 is 1.12. The number of likely N-dealkylation sites (N-methyl/N-ethyl adjacent to an activating group) is 1. The fraction of sp³-hybridized carbons (Fsp3) is 0.583. The van der Waals surface area contributed by atoms with Crippen LogP contribution >= 0.6 is 11.3 Å². The molecule has 1 aromatic heterocycles. The van der Waals surface area contributed by atoms with E-state index in [2.05, 4.69) is 0 Å². The van der Waals surface area contributed by atoms with Gasteiger partial charge in [-0.3, -0.25) is 4.79 Å². The molecule has 6 nitrogen and oxygen atoms in total. The predicted molar refractivity (Wildman–Crippen MR) is 78.1 cm³/mol. The van der Waals surface area contributed by atoms with Gasteiger partial charge in [0.2, 0.25) is 5.91 Å². The molecule has 1 amide bonds. The Kier molecular flexibility index (Phi) is 6.12. The molecule has 0 spiro atoms. The molecule has 1 heterocycles. The second-order valence-corrected chi connectivity index (χ2v) is 7.82. The van der Waals surface area contributed by atoms with Crippen LogP contribution in [0.5, 0.6) is 0 Å². The van der Waals surface area contributed by atoms with Gasteiger partial charge in [-0.05, 0) is 25.3 Å². The molecule has 114 valence electrons. The lowest BCUT2D eigenvalue weighted by Gasteiger charge is -2.27. The molecule has 1 rings (SSSR count). The minimum Gasteiger partial charge on any atom is -0.395 e. The number of carbonyl (C=O) groups excluding carboxylic acids is 1. The maximum absolute atomic E-state index is 12.2. The Morgan fingerprint density at radius 2 is 2.10 bits per heavy atom. The number of nitrogens with zero attached hydrogens (tertiary/aromatic N) is 2. The van der Waals surface area contributed by atoms with Crippen molar-refractivity contribution >= 4 is 27.3 Å². The van der Waals surface area contributed by atoms with E-state index >= 15 is 0 Å². The summed E-state index contributed by atoms with van der Waals surface area (Å²) in [6.45, 7) is 3.45. The first-order valence-corrected chi connectivity index (χ1v) is 8.52. The van der Waals surface area contributed by atoms with Crippen LogP contribution in [0.1, 0.15) is 13.8 Å². The minimum absolute atomic E-state index is 0.0903. The largest absolute Gasteiger partial charge is 0.395 e. The number of hydrogen-bond donors (Lipinski definition) is 1. The number of thiophene rings is 1. The third kappa shape index (κ3) is 4.02. The molecule has 1 N–H and O–H groups in total. The Bertz CT molecular complexity index is 526. The van der Waals surface area contributed by atoms with Crippen LogP contribution in [-0.2, 0) is 14.8 Å². The zero-order chi connectivity index (χ0) is 15.3. The number of amides is 1. The Morgan fingerprint density at radius 1 is 1.45 bits per heavy atom. The van der Waals surface area contributed by atoms with Gasteiger partial charge in [0, 0.05) is 19.6 Å². The molecule has 0 aliphatic heterocycles. The predicted octanol–water partition coefficient (Wildman–Crippen LogP) is 0.598. The third-order valence-corrected chi connectivity index (χ3v) is 5.98. The van der Waals surface area contributed by atoms with E-state index in [1.54, 1.807) is 11.4 Å². The van der Waals surface area contributed by atoms with Crippen molar-refractivity contribution in [3.05, 3.63) is 17.5 Å². The molecule has 0 aromatic carbocycles. The van der Waals surface area contributed by atoms with Gasteiger partial charge in [-0.25, -0.2) is 8.42 Å². The lowest BCUT2D eigenvalue weighted by molar-refractivity contribution is -0.133. The summed E-state index contributed by atoms with van der Waals surface area (Å²) in [4.78, 5) is 13.6. The summed E-state index contributed by atoms with van der Waals surface area (Å²) in [5.41, 5.74) is 0. The van der Waals surface area contributed by atoms with Crippen LogP contribution in [-0.4, -0.2) is 61.4 Å². The van der Waals surface area contributed by atoms with Gasteiger partial charge in [-0.2, -0.15) is 4.31 Å². The van der Waals surface area contributed by atoms with Crippen molar-refractivity contribution < 1.29 is 18.3 Å². The summed E-state index contributed by atoms with van der Waals surface area (Å²) in [6.07, 6.45) is 0. The topological polar surface area (TPSA) is 77.9 Å². The highest BCUT2D eigenvalue weighted by Crippen LogP contribution is 2.19. The van der Waals surface area contributed by atoms with Gasteiger partial charge in [0.05, 0.1) is 13.2 Å². The molecule has 0 saturated heterocycles. The monoisotopic (exact) mass is 320 g/mol. The fourth-order valence-corrected chi connectivity index (χ4v) is 4.03. The quantitative estimate of drug-likeness (QED) is 0.798. The van der Waals surface area contributed by atoms with Crippen molar-refractivity contribution in [2.45, 2.75) is 24.1 Å². The number of rotatable bonds is 7. The van der Waals surface area contributed by atoms with Crippen molar-refractivity contribution in [2.24, 2.45) is 0 Å². The summed E-state index contributed by atoms with van der Waals surface area (Å²) in [5.74, 6) is -0.323. The van der Waals surface area contributed by atoms with Gasteiger partial charge in [-0.15, -0.1) is 11.3 Å². The van der Waals surface area contributed by atoms with E-state index in [9.17, 15) is 13.2 Å². The van der Waals surface area contributed by atoms with E-state index in [0.29, 0.717) is 0 Å². The second-order valence-electron chi connectivity index (χ2n) is 4.60. The molecule has 0 unspecified atom stereocenters. The molecular weight excluding hydrogens is 300 g/mol. The van der Waals surface area contributed by atoms with Crippen LogP contribution < -0.4 is 0 Å². The number of sulfonamides is 1. The average molecular weight is 320 g/mol. The molecule has 0 saturated carbocycles. The van der Waals surface area contributed by atoms with Gasteiger partial charge in [-0.1, -0.05) is 6.07 Å².